The van der Waals surface area contributed by atoms with Gasteiger partial charge in [0.25, 0.3) is 0 Å². The molecule has 0 atom stereocenters. The van der Waals surface area contributed by atoms with Gasteiger partial charge in [-0.1, -0.05) is 24.1 Å². The minimum absolute atomic E-state index is 0.0169. The molecule has 0 saturated heterocycles. The molecule has 3 aromatic rings. The normalized spacial score (nSPS) is 13.7. The molecule has 1 fully saturated rings. The number of H-pyrrole nitrogens is 1. The van der Waals surface area contributed by atoms with Gasteiger partial charge >= 0.3 is 0 Å². The van der Waals surface area contributed by atoms with Crippen molar-refractivity contribution in [3.8, 4) is 11.3 Å². The second-order valence-corrected chi connectivity index (χ2v) is 7.37. The number of nitrogens with one attached hydrogen (secondary N) is 3. The number of anilines is 2. The molecule has 27 heavy (non-hydrogen) atoms. The van der Waals surface area contributed by atoms with Crippen LogP contribution in [-0.4, -0.2) is 33.3 Å². The third-order valence-electron chi connectivity index (χ3n) is 4.33. The van der Waals surface area contributed by atoms with Gasteiger partial charge in [0, 0.05) is 34.5 Å². The zero-order valence-corrected chi connectivity index (χ0v) is 15.5. The summed E-state index contributed by atoms with van der Waals surface area (Å²) in [5, 5.41) is 3.72. The third-order valence-corrected chi connectivity index (χ3v) is 5.20. The molecular formula is C19H20FN5OS. The van der Waals surface area contributed by atoms with Crippen molar-refractivity contribution < 1.29 is 9.18 Å². The SMILES string of the molecule is O=C(Nc1nc(-c2ccc(NSCCCF)cc2)c2cc[nH]c2n1)C1CC1. The average molecular weight is 385 g/mol. The molecule has 0 bridgehead atoms. The molecule has 8 heteroatoms. The maximum absolute atomic E-state index is 12.1. The Hall–Kier alpha value is -2.61. The zero-order chi connectivity index (χ0) is 18.6. The number of amides is 1. The Kier molecular flexibility index (Phi) is 5.24. The first-order chi connectivity index (χ1) is 13.2. The predicted octanol–water partition coefficient (Wildman–Crippen LogP) is 4.39. The lowest BCUT2D eigenvalue weighted by Gasteiger charge is -2.09. The number of nitrogens with zero attached hydrogens (tertiary/aromatic N) is 2. The quantitative estimate of drug-likeness (QED) is 0.396. The number of carbonyl (C=O) groups excluding carboxylic acids is 1. The van der Waals surface area contributed by atoms with Crippen LogP contribution in [0.2, 0.25) is 0 Å². The van der Waals surface area contributed by atoms with E-state index in [9.17, 15) is 9.18 Å². The summed E-state index contributed by atoms with van der Waals surface area (Å²) in [6.07, 6.45) is 4.22. The number of carbonyl (C=O) groups is 1. The molecule has 2 aromatic heterocycles. The molecule has 0 spiro atoms. The van der Waals surface area contributed by atoms with Gasteiger partial charge in [-0.15, -0.1) is 0 Å². The number of rotatable bonds is 8. The van der Waals surface area contributed by atoms with Crippen molar-refractivity contribution in [2.24, 2.45) is 5.92 Å². The molecular weight excluding hydrogens is 365 g/mol. The lowest BCUT2D eigenvalue weighted by atomic mass is 10.1. The van der Waals surface area contributed by atoms with Crippen LogP contribution in [-0.2, 0) is 4.79 Å². The first-order valence-electron chi connectivity index (χ1n) is 8.95. The minimum atomic E-state index is -0.298. The van der Waals surface area contributed by atoms with Crippen LogP contribution in [0.4, 0.5) is 16.0 Å². The van der Waals surface area contributed by atoms with E-state index < -0.39 is 0 Å². The Morgan fingerprint density at radius 2 is 2.04 bits per heavy atom. The monoisotopic (exact) mass is 385 g/mol. The van der Waals surface area contributed by atoms with E-state index in [1.54, 1.807) is 0 Å². The number of aromatic nitrogens is 3. The summed E-state index contributed by atoms with van der Waals surface area (Å²) in [5.41, 5.74) is 3.34. The van der Waals surface area contributed by atoms with Crippen LogP contribution >= 0.6 is 11.9 Å². The van der Waals surface area contributed by atoms with Gasteiger partial charge in [0.15, 0.2) is 0 Å². The van der Waals surface area contributed by atoms with E-state index in [0.29, 0.717) is 18.0 Å². The maximum Gasteiger partial charge on any atom is 0.232 e. The lowest BCUT2D eigenvalue weighted by Crippen LogP contribution is -2.15. The molecule has 140 valence electrons. The van der Waals surface area contributed by atoms with Gasteiger partial charge in [-0.2, -0.15) is 4.98 Å². The number of benzene rings is 1. The van der Waals surface area contributed by atoms with E-state index in [0.717, 1.165) is 40.9 Å². The Bertz CT molecular complexity index is 939. The molecule has 1 saturated carbocycles. The minimum Gasteiger partial charge on any atom is -0.346 e. The summed E-state index contributed by atoms with van der Waals surface area (Å²) < 4.78 is 15.3. The van der Waals surface area contributed by atoms with Crippen molar-refractivity contribution >= 4 is 40.5 Å². The van der Waals surface area contributed by atoms with Crippen LogP contribution in [0.25, 0.3) is 22.3 Å². The summed E-state index contributed by atoms with van der Waals surface area (Å²) in [6, 6.07) is 9.79. The first-order valence-corrected chi connectivity index (χ1v) is 9.93. The molecule has 0 unspecified atom stereocenters. The molecule has 0 aliphatic heterocycles. The fourth-order valence-electron chi connectivity index (χ4n) is 2.73. The number of hydrogen-bond acceptors (Lipinski definition) is 5. The molecule has 3 N–H and O–H groups in total. The summed E-state index contributed by atoms with van der Waals surface area (Å²) in [5.74, 6) is 1.12. The third kappa shape index (κ3) is 4.21. The Labute approximate surface area is 160 Å². The van der Waals surface area contributed by atoms with Crippen molar-refractivity contribution in [1.82, 2.24) is 15.0 Å². The topological polar surface area (TPSA) is 82.7 Å². The van der Waals surface area contributed by atoms with Gasteiger partial charge < -0.3 is 9.71 Å². The number of alkyl halides is 1. The molecule has 6 nitrogen and oxygen atoms in total. The number of halogens is 1. The summed E-state index contributed by atoms with van der Waals surface area (Å²) in [4.78, 5) is 24.1. The molecule has 0 radical (unpaired) electrons. The smallest absolute Gasteiger partial charge is 0.232 e. The number of aromatic amines is 1. The van der Waals surface area contributed by atoms with Crippen LogP contribution in [0, 0.1) is 5.92 Å². The van der Waals surface area contributed by atoms with Gasteiger partial charge in [0.2, 0.25) is 11.9 Å². The van der Waals surface area contributed by atoms with Gasteiger partial charge in [-0.25, -0.2) is 4.98 Å². The van der Waals surface area contributed by atoms with Crippen molar-refractivity contribution in [2.75, 3.05) is 22.5 Å². The summed E-state index contributed by atoms with van der Waals surface area (Å²) in [6.45, 7) is -0.298. The predicted molar refractivity (Wildman–Crippen MR) is 107 cm³/mol. The average Bonchev–Trinajstić information content (AvgIpc) is 3.43. The Balaban J connectivity index is 1.56. The maximum atomic E-state index is 12.1. The molecule has 1 amide bonds. The van der Waals surface area contributed by atoms with E-state index in [1.807, 2.05) is 36.5 Å². The fourth-order valence-corrected chi connectivity index (χ4v) is 3.39. The Morgan fingerprint density at radius 1 is 1.22 bits per heavy atom. The molecule has 1 aliphatic rings. The zero-order valence-electron chi connectivity index (χ0n) is 14.7. The van der Waals surface area contributed by atoms with Gasteiger partial charge in [0.1, 0.15) is 5.65 Å². The highest BCUT2D eigenvalue weighted by Gasteiger charge is 2.30. The number of fused-ring (bicyclic) bond motifs is 1. The second kappa shape index (κ2) is 7.96. The standard InChI is InChI=1S/C19H20FN5OS/c20-9-1-11-27-25-14-6-4-12(5-7-14)16-15-8-10-21-17(15)23-19(22-16)24-18(26)13-2-3-13/h4-8,10,13,25H,1-3,9,11H2,(H2,21,22,23,24,26). The van der Waals surface area contributed by atoms with Crippen LogP contribution in [0.15, 0.2) is 36.5 Å². The van der Waals surface area contributed by atoms with Crippen molar-refractivity contribution in [1.29, 1.82) is 0 Å². The van der Waals surface area contributed by atoms with Crippen LogP contribution < -0.4 is 10.0 Å². The Morgan fingerprint density at radius 3 is 2.78 bits per heavy atom. The van der Waals surface area contributed by atoms with Gasteiger partial charge in [0.05, 0.1) is 12.4 Å². The van der Waals surface area contributed by atoms with E-state index in [-0.39, 0.29) is 18.5 Å². The van der Waals surface area contributed by atoms with Gasteiger partial charge in [-0.05, 0) is 37.5 Å². The highest BCUT2D eigenvalue weighted by Crippen LogP contribution is 2.31. The fraction of sp³-hybridized carbons (Fsp3) is 0.316. The highest BCUT2D eigenvalue weighted by atomic mass is 32.2. The molecule has 2 heterocycles. The van der Waals surface area contributed by atoms with Crippen molar-refractivity contribution in [3.63, 3.8) is 0 Å². The van der Waals surface area contributed by atoms with Gasteiger partial charge in [-0.3, -0.25) is 14.5 Å². The van der Waals surface area contributed by atoms with E-state index in [4.69, 9.17) is 0 Å². The molecule has 1 aromatic carbocycles. The van der Waals surface area contributed by atoms with E-state index in [2.05, 4.69) is 25.0 Å². The van der Waals surface area contributed by atoms with Crippen LogP contribution in [0.3, 0.4) is 0 Å². The van der Waals surface area contributed by atoms with Crippen molar-refractivity contribution in [2.45, 2.75) is 19.3 Å². The second-order valence-electron chi connectivity index (χ2n) is 6.47. The van der Waals surface area contributed by atoms with Crippen LogP contribution in [0.1, 0.15) is 19.3 Å². The lowest BCUT2D eigenvalue weighted by molar-refractivity contribution is -0.117. The number of hydrogen-bond donors (Lipinski definition) is 3. The van der Waals surface area contributed by atoms with E-state index >= 15 is 0 Å². The molecule has 1 aliphatic carbocycles. The largest absolute Gasteiger partial charge is 0.346 e. The summed E-state index contributed by atoms with van der Waals surface area (Å²) >= 11 is 1.49. The highest BCUT2D eigenvalue weighted by molar-refractivity contribution is 8.00. The summed E-state index contributed by atoms with van der Waals surface area (Å²) in [7, 11) is 0. The van der Waals surface area contributed by atoms with E-state index in [1.165, 1.54) is 11.9 Å². The first kappa shape index (κ1) is 17.8. The van der Waals surface area contributed by atoms with Crippen molar-refractivity contribution in [3.05, 3.63) is 36.5 Å². The molecule has 4 rings (SSSR count). The van der Waals surface area contributed by atoms with Crippen LogP contribution in [0.5, 0.6) is 0 Å².